The van der Waals surface area contributed by atoms with Crippen molar-refractivity contribution in [2.75, 3.05) is 0 Å². The first-order valence-electron chi connectivity index (χ1n) is 1.41. The molecule has 0 N–H and O–H groups in total. The molecule has 1 nitrogen and oxygen atoms in total. The Morgan fingerprint density at radius 3 is 1.57 bits per heavy atom. The van der Waals surface area contributed by atoms with Crippen LogP contribution in [-0.4, -0.2) is 21.0 Å². The molecule has 0 saturated carbocycles. The fourth-order valence-electron chi connectivity index (χ4n) is 0. The molecule has 0 radical (unpaired) electrons. The fraction of sp³-hybridized carbons (Fsp3) is 0. The summed E-state index contributed by atoms with van der Waals surface area (Å²) in [5.41, 5.74) is 0. The molecule has 0 rings (SSSR count). The fourth-order valence-corrected chi connectivity index (χ4v) is 0. The largest absolute Gasteiger partial charge is 0.471 e. The summed E-state index contributed by atoms with van der Waals surface area (Å²) < 4.78 is 6.13. The van der Waals surface area contributed by atoms with Crippen LogP contribution >= 0.6 is 0 Å². The van der Waals surface area contributed by atoms with Crippen LogP contribution in [0.25, 0.3) is 0 Å². The van der Waals surface area contributed by atoms with Crippen molar-refractivity contribution in [3.63, 3.8) is 0 Å². The average Bonchev–Trinajstić information content (AvgIpc) is 1.39. The van der Waals surface area contributed by atoms with Crippen molar-refractivity contribution in [1.29, 1.82) is 0 Å². The van der Waals surface area contributed by atoms with Crippen LogP contribution in [0.15, 0.2) is 11.1 Å². The molecule has 0 atom stereocenters. The zero-order valence-corrected chi connectivity index (χ0v) is 12.2. The molecule has 5 heteroatoms. The second-order valence-corrected chi connectivity index (χ2v) is 4.44. The van der Waals surface area contributed by atoms with E-state index >= 15 is 0 Å². The van der Waals surface area contributed by atoms with Gasteiger partial charge in [-0.15, -0.1) is 0 Å². The molecule has 0 aliphatic heterocycles. The summed E-state index contributed by atoms with van der Waals surface area (Å²) in [6.45, 7) is 3.29. The van der Waals surface area contributed by atoms with Gasteiger partial charge in [-0.1, -0.05) is 0 Å². The monoisotopic (exact) mass is 406 g/mol. The van der Waals surface area contributed by atoms with Crippen molar-refractivity contribution >= 4 is 21.0 Å². The maximum Gasteiger partial charge on any atom is 0.129 e. The Labute approximate surface area is 76.0 Å². The molecule has 7 heavy (non-hydrogen) atoms. The van der Waals surface area contributed by atoms with E-state index in [0.29, 0.717) is 0 Å². The van der Waals surface area contributed by atoms with Gasteiger partial charge in [0.15, 0.2) is 0 Å². The van der Waals surface area contributed by atoms with Gasteiger partial charge < -0.3 is 4.12 Å². The van der Waals surface area contributed by atoms with E-state index in [1.54, 1.807) is 4.55 Å². The van der Waals surface area contributed by atoms with Crippen molar-refractivity contribution in [2.24, 2.45) is 0 Å². The molecule has 0 unspecified atom stereocenters. The standard InChI is InChI=1S/C2H3.H6OSi2.Pd.Pt/c1-2;2-1-3;;/h1H,2H2;2-3H3;;. The van der Waals surface area contributed by atoms with Gasteiger partial charge in [0.05, 0.1) is 0 Å². The Balaban J connectivity index is -0.0000000400. The first-order valence-corrected chi connectivity index (χ1v) is 3.94. The van der Waals surface area contributed by atoms with Gasteiger partial charge in [-0.3, -0.25) is 0 Å². The normalized spacial score (nSPS) is 5.43. The Hall–Kier alpha value is 1.48. The summed E-state index contributed by atoms with van der Waals surface area (Å²) in [5.74, 6) is 0. The average molecular weight is 407 g/mol. The molecule has 0 bridgehead atoms. The molecular formula is C2H9OPdPtSi2. The predicted octanol–water partition coefficient (Wildman–Crippen LogP) is -1.76. The summed E-state index contributed by atoms with van der Waals surface area (Å²) in [7, 11) is 1.86. The minimum Gasteiger partial charge on any atom is -0.471 e. The van der Waals surface area contributed by atoms with Crippen LogP contribution in [0.2, 0.25) is 0 Å². The van der Waals surface area contributed by atoms with Gasteiger partial charge in [0.1, 0.15) is 21.0 Å². The summed E-state index contributed by atoms with van der Waals surface area (Å²) in [5, 5.41) is 0. The molecular weight excluding hydrogens is 398 g/mol. The van der Waals surface area contributed by atoms with Gasteiger partial charge in [0.2, 0.25) is 0 Å². The Morgan fingerprint density at radius 1 is 1.57 bits per heavy atom. The molecule has 0 heterocycles. The van der Waals surface area contributed by atoms with E-state index < -0.39 is 0 Å². The molecule has 0 aliphatic rings. The van der Waals surface area contributed by atoms with E-state index in [1.807, 2.05) is 0 Å². The van der Waals surface area contributed by atoms with Crippen LogP contribution in [0.3, 0.4) is 0 Å². The smallest absolute Gasteiger partial charge is 0.129 e. The molecule has 0 fully saturated rings. The Bertz CT molecular complexity index is 29.7. The number of hydrogen-bond acceptors (Lipinski definition) is 1. The van der Waals surface area contributed by atoms with E-state index in [4.69, 9.17) is 0 Å². The van der Waals surface area contributed by atoms with E-state index in [9.17, 15) is 0 Å². The SMILES string of the molecule is C=[CH][Pd].[Pt].[SiH3]O[SiH3]. The molecule has 0 aromatic heterocycles. The molecule has 0 aromatic rings. The van der Waals surface area contributed by atoms with Crippen molar-refractivity contribution in [3.05, 3.63) is 11.1 Å². The molecule has 0 saturated heterocycles. The van der Waals surface area contributed by atoms with Gasteiger partial charge in [-0.05, 0) is 0 Å². The van der Waals surface area contributed by atoms with E-state index in [2.05, 4.69) is 29.9 Å². The van der Waals surface area contributed by atoms with Crippen molar-refractivity contribution in [3.8, 4) is 0 Å². The Morgan fingerprint density at radius 2 is 1.57 bits per heavy atom. The molecule has 0 aromatic carbocycles. The maximum absolute atomic E-state index is 4.53. The van der Waals surface area contributed by atoms with Crippen LogP contribution in [-0.2, 0) is 44.4 Å². The van der Waals surface area contributed by atoms with Crippen molar-refractivity contribution in [2.45, 2.75) is 0 Å². The molecule has 0 amide bonds. The van der Waals surface area contributed by atoms with Gasteiger partial charge in [0, 0.05) is 21.1 Å². The first kappa shape index (κ1) is 15.8. The minimum atomic E-state index is 0. The topological polar surface area (TPSA) is 9.23 Å². The predicted molar refractivity (Wildman–Crippen MR) is 31.2 cm³/mol. The first-order chi connectivity index (χ1) is 2.83. The third kappa shape index (κ3) is 102. The van der Waals surface area contributed by atoms with E-state index in [-0.39, 0.29) is 21.1 Å². The number of hydrogen-bond donors (Lipinski definition) is 0. The third-order valence-corrected chi connectivity index (χ3v) is 0. The summed E-state index contributed by atoms with van der Waals surface area (Å²) in [4.78, 5) is 0. The van der Waals surface area contributed by atoms with Crippen molar-refractivity contribution < 1.29 is 44.4 Å². The summed E-state index contributed by atoms with van der Waals surface area (Å²) in [6, 6.07) is 0. The van der Waals surface area contributed by atoms with Crippen LogP contribution in [0.5, 0.6) is 0 Å². The van der Waals surface area contributed by atoms with Crippen molar-refractivity contribution in [1.82, 2.24) is 0 Å². The van der Waals surface area contributed by atoms with Crippen LogP contribution in [0.1, 0.15) is 0 Å². The summed E-state index contributed by atoms with van der Waals surface area (Å²) in [6.07, 6.45) is 0. The van der Waals surface area contributed by atoms with Crippen LogP contribution in [0.4, 0.5) is 0 Å². The molecule has 51 valence electrons. The molecule has 0 aliphatic carbocycles. The zero-order chi connectivity index (χ0) is 5.41. The second-order valence-electron chi connectivity index (χ2n) is 0.537. The third-order valence-electron chi connectivity index (χ3n) is 0. The second kappa shape index (κ2) is 25.9. The van der Waals surface area contributed by atoms with E-state index in [0.717, 1.165) is 21.0 Å². The van der Waals surface area contributed by atoms with Gasteiger partial charge >= 0.3 is 30.3 Å². The maximum atomic E-state index is 4.53. The van der Waals surface area contributed by atoms with Gasteiger partial charge in [-0.2, -0.15) is 0 Å². The number of rotatable bonds is 0. The quantitative estimate of drug-likeness (QED) is 0.433. The summed E-state index contributed by atoms with van der Waals surface area (Å²) >= 11 is 2.71. The minimum absolute atomic E-state index is 0. The molecule has 0 spiro atoms. The van der Waals surface area contributed by atoms with Crippen LogP contribution < -0.4 is 0 Å². The van der Waals surface area contributed by atoms with E-state index in [1.165, 1.54) is 0 Å². The van der Waals surface area contributed by atoms with Gasteiger partial charge in [0.25, 0.3) is 0 Å². The van der Waals surface area contributed by atoms with Crippen LogP contribution in [0, 0.1) is 0 Å². The Kier molecular flexibility index (Phi) is 58.5. The van der Waals surface area contributed by atoms with Gasteiger partial charge in [-0.25, -0.2) is 0 Å². The zero-order valence-electron chi connectivity index (χ0n) is 4.33.